The van der Waals surface area contributed by atoms with Crippen molar-refractivity contribution in [2.45, 2.75) is 38.7 Å². The van der Waals surface area contributed by atoms with Gasteiger partial charge >= 0.3 is 5.97 Å². The fourth-order valence-electron chi connectivity index (χ4n) is 1.86. The predicted octanol–water partition coefficient (Wildman–Crippen LogP) is 2.22. The summed E-state index contributed by atoms with van der Waals surface area (Å²) in [6.07, 6.45) is 7.89. The van der Waals surface area contributed by atoms with Crippen molar-refractivity contribution in [1.29, 1.82) is 0 Å². The first kappa shape index (κ1) is 11.2. The Balaban J connectivity index is 2.19. The van der Waals surface area contributed by atoms with Gasteiger partial charge in [0.15, 0.2) is 0 Å². The molecule has 2 atom stereocenters. The van der Waals surface area contributed by atoms with Crippen LogP contribution in [0, 0.1) is 5.92 Å². The highest BCUT2D eigenvalue weighted by atomic mass is 16.5. The molecular formula is C11H18O3. The van der Waals surface area contributed by atoms with Crippen LogP contribution in [0.1, 0.15) is 32.6 Å². The normalized spacial score (nSPS) is 28.1. The van der Waals surface area contributed by atoms with E-state index in [1.807, 2.05) is 0 Å². The molecule has 0 saturated heterocycles. The third-order valence-electron chi connectivity index (χ3n) is 2.70. The summed E-state index contributed by atoms with van der Waals surface area (Å²) in [7, 11) is 0. The largest absolute Gasteiger partial charge is 0.478 e. The smallest absolute Gasteiger partial charge is 0.328 e. The molecule has 2 unspecified atom stereocenters. The Hall–Kier alpha value is -0.830. The van der Waals surface area contributed by atoms with Gasteiger partial charge in [-0.1, -0.05) is 25.8 Å². The van der Waals surface area contributed by atoms with Crippen molar-refractivity contribution in [1.82, 2.24) is 0 Å². The summed E-state index contributed by atoms with van der Waals surface area (Å²) in [6.45, 7) is 2.62. The van der Waals surface area contributed by atoms with Crippen molar-refractivity contribution >= 4 is 5.97 Å². The molecule has 0 heterocycles. The van der Waals surface area contributed by atoms with Crippen molar-refractivity contribution in [2.75, 3.05) is 6.61 Å². The second-order valence-electron chi connectivity index (χ2n) is 3.87. The quantitative estimate of drug-likeness (QED) is 0.704. The van der Waals surface area contributed by atoms with E-state index in [9.17, 15) is 4.79 Å². The number of rotatable bonds is 4. The summed E-state index contributed by atoms with van der Waals surface area (Å²) in [4.78, 5) is 10.2. The molecule has 0 aliphatic heterocycles. The molecule has 0 amide bonds. The van der Waals surface area contributed by atoms with E-state index in [0.29, 0.717) is 18.6 Å². The van der Waals surface area contributed by atoms with E-state index in [1.165, 1.54) is 19.3 Å². The molecule has 1 N–H and O–H groups in total. The van der Waals surface area contributed by atoms with Gasteiger partial charge < -0.3 is 9.84 Å². The molecule has 0 aromatic rings. The summed E-state index contributed by atoms with van der Waals surface area (Å²) in [5.74, 6) is -0.299. The molecule has 3 heteroatoms. The first-order valence-corrected chi connectivity index (χ1v) is 5.21. The van der Waals surface area contributed by atoms with E-state index in [4.69, 9.17) is 9.84 Å². The molecule has 0 aromatic heterocycles. The average molecular weight is 198 g/mol. The third kappa shape index (κ3) is 3.92. The number of aliphatic carboxylic acids is 1. The molecule has 0 spiro atoms. The number of hydrogen-bond acceptors (Lipinski definition) is 2. The van der Waals surface area contributed by atoms with Crippen molar-refractivity contribution in [3.63, 3.8) is 0 Å². The van der Waals surface area contributed by atoms with Crippen LogP contribution in [-0.4, -0.2) is 23.8 Å². The van der Waals surface area contributed by atoms with Crippen LogP contribution in [0.3, 0.4) is 0 Å². The van der Waals surface area contributed by atoms with E-state index in [-0.39, 0.29) is 0 Å². The van der Waals surface area contributed by atoms with Crippen LogP contribution >= 0.6 is 0 Å². The van der Waals surface area contributed by atoms with Gasteiger partial charge in [-0.3, -0.25) is 0 Å². The average Bonchev–Trinajstić information content (AvgIpc) is 2.15. The number of hydrogen-bond donors (Lipinski definition) is 1. The zero-order chi connectivity index (χ0) is 10.4. The number of carbonyl (C=O) groups is 1. The Morgan fingerprint density at radius 1 is 1.50 bits per heavy atom. The second-order valence-corrected chi connectivity index (χ2v) is 3.87. The minimum absolute atomic E-state index is 0.321. The first-order valence-electron chi connectivity index (χ1n) is 5.21. The molecular weight excluding hydrogens is 180 g/mol. The van der Waals surface area contributed by atoms with Gasteiger partial charge in [0.25, 0.3) is 0 Å². The fraction of sp³-hybridized carbons (Fsp3) is 0.727. The molecule has 0 bridgehead atoms. The van der Waals surface area contributed by atoms with Crippen LogP contribution in [-0.2, 0) is 9.53 Å². The van der Waals surface area contributed by atoms with Gasteiger partial charge in [-0.05, 0) is 18.8 Å². The Morgan fingerprint density at radius 3 is 2.86 bits per heavy atom. The molecule has 1 rings (SSSR count). The lowest BCUT2D eigenvalue weighted by Crippen LogP contribution is -2.25. The van der Waals surface area contributed by atoms with Gasteiger partial charge in [-0.25, -0.2) is 4.79 Å². The molecule has 0 radical (unpaired) electrons. The van der Waals surface area contributed by atoms with E-state index in [0.717, 1.165) is 12.5 Å². The van der Waals surface area contributed by atoms with E-state index in [2.05, 4.69) is 6.92 Å². The molecule has 0 aromatic carbocycles. The van der Waals surface area contributed by atoms with Crippen LogP contribution in [0.25, 0.3) is 0 Å². The molecule has 14 heavy (non-hydrogen) atoms. The van der Waals surface area contributed by atoms with Gasteiger partial charge in [-0.2, -0.15) is 0 Å². The SMILES string of the molecule is CC1CCCCC1OCC=CC(=O)O. The van der Waals surface area contributed by atoms with Crippen LogP contribution in [0.4, 0.5) is 0 Å². The Kier molecular flexibility index (Phi) is 4.66. The lowest BCUT2D eigenvalue weighted by molar-refractivity contribution is -0.131. The molecule has 1 aliphatic rings. The highest BCUT2D eigenvalue weighted by Crippen LogP contribution is 2.26. The highest BCUT2D eigenvalue weighted by molar-refractivity contribution is 5.79. The minimum Gasteiger partial charge on any atom is -0.478 e. The Morgan fingerprint density at radius 2 is 2.21 bits per heavy atom. The maximum Gasteiger partial charge on any atom is 0.328 e. The van der Waals surface area contributed by atoms with Crippen molar-refractivity contribution in [3.05, 3.63) is 12.2 Å². The summed E-state index contributed by atoms with van der Waals surface area (Å²) < 4.78 is 5.60. The minimum atomic E-state index is -0.912. The van der Waals surface area contributed by atoms with Gasteiger partial charge in [-0.15, -0.1) is 0 Å². The highest BCUT2D eigenvalue weighted by Gasteiger charge is 2.20. The zero-order valence-corrected chi connectivity index (χ0v) is 8.61. The van der Waals surface area contributed by atoms with Crippen molar-refractivity contribution < 1.29 is 14.6 Å². The van der Waals surface area contributed by atoms with Crippen LogP contribution in [0.15, 0.2) is 12.2 Å². The topological polar surface area (TPSA) is 46.5 Å². The maximum absolute atomic E-state index is 10.2. The van der Waals surface area contributed by atoms with Gasteiger partial charge in [0.2, 0.25) is 0 Å². The first-order chi connectivity index (χ1) is 6.70. The van der Waals surface area contributed by atoms with Crippen LogP contribution in [0.2, 0.25) is 0 Å². The molecule has 80 valence electrons. The van der Waals surface area contributed by atoms with Crippen molar-refractivity contribution in [2.24, 2.45) is 5.92 Å². The summed E-state index contributed by atoms with van der Waals surface area (Å²) in [6, 6.07) is 0. The zero-order valence-electron chi connectivity index (χ0n) is 8.61. The second kappa shape index (κ2) is 5.81. The van der Waals surface area contributed by atoms with Crippen LogP contribution in [0.5, 0.6) is 0 Å². The van der Waals surface area contributed by atoms with Gasteiger partial charge in [0.1, 0.15) is 0 Å². The van der Waals surface area contributed by atoms with E-state index >= 15 is 0 Å². The monoisotopic (exact) mass is 198 g/mol. The summed E-state index contributed by atoms with van der Waals surface area (Å²) in [5, 5.41) is 8.36. The predicted molar refractivity (Wildman–Crippen MR) is 54.1 cm³/mol. The maximum atomic E-state index is 10.2. The molecule has 3 nitrogen and oxygen atoms in total. The molecule has 1 saturated carbocycles. The number of carboxylic acids is 1. The molecule has 1 aliphatic carbocycles. The van der Waals surface area contributed by atoms with E-state index < -0.39 is 5.97 Å². The Bertz CT molecular complexity index is 211. The fourth-order valence-corrected chi connectivity index (χ4v) is 1.86. The van der Waals surface area contributed by atoms with E-state index in [1.54, 1.807) is 6.08 Å². The standard InChI is InChI=1S/C11H18O3/c1-9-5-2-3-6-10(9)14-8-4-7-11(12)13/h4,7,9-10H,2-3,5-6,8H2,1H3,(H,12,13). The number of carboxylic acid groups (broad SMARTS) is 1. The lowest BCUT2D eigenvalue weighted by Gasteiger charge is -2.28. The van der Waals surface area contributed by atoms with Crippen LogP contribution < -0.4 is 0 Å². The Labute approximate surface area is 84.8 Å². The molecule has 1 fully saturated rings. The van der Waals surface area contributed by atoms with Gasteiger partial charge in [0, 0.05) is 6.08 Å². The number of ether oxygens (including phenoxy) is 1. The van der Waals surface area contributed by atoms with Crippen molar-refractivity contribution in [3.8, 4) is 0 Å². The third-order valence-corrected chi connectivity index (χ3v) is 2.70. The summed E-state index contributed by atoms with van der Waals surface area (Å²) >= 11 is 0. The summed E-state index contributed by atoms with van der Waals surface area (Å²) in [5.41, 5.74) is 0. The lowest BCUT2D eigenvalue weighted by atomic mass is 9.88. The van der Waals surface area contributed by atoms with Gasteiger partial charge in [0.05, 0.1) is 12.7 Å².